The SMILES string of the molecule is COCc1cc(F)ccc1C(C)N1C[C@H](C)N(c2cc(=O)n(C)c3cn(C4CCCCO4)nc23)C[C@H]1C. The highest BCUT2D eigenvalue weighted by Crippen LogP contribution is 2.34. The van der Waals surface area contributed by atoms with Gasteiger partial charge in [-0.15, -0.1) is 0 Å². The smallest absolute Gasteiger partial charge is 0.252 e. The van der Waals surface area contributed by atoms with Crippen LogP contribution in [0, 0.1) is 5.82 Å². The Morgan fingerprint density at radius 1 is 1.19 bits per heavy atom. The molecule has 4 atom stereocenters. The van der Waals surface area contributed by atoms with Gasteiger partial charge in [-0.2, -0.15) is 5.10 Å². The van der Waals surface area contributed by atoms with Gasteiger partial charge in [0.2, 0.25) is 0 Å². The molecule has 0 N–H and O–H groups in total. The Morgan fingerprint density at radius 2 is 2.00 bits per heavy atom. The molecule has 0 aliphatic carbocycles. The number of benzene rings is 1. The molecule has 2 aliphatic rings. The van der Waals surface area contributed by atoms with Gasteiger partial charge < -0.3 is 18.9 Å². The molecular formula is C28H38FN5O3. The lowest BCUT2D eigenvalue weighted by atomic mass is 9.96. The highest BCUT2D eigenvalue weighted by atomic mass is 19.1. The first-order chi connectivity index (χ1) is 17.8. The molecule has 0 radical (unpaired) electrons. The van der Waals surface area contributed by atoms with Crippen LogP contribution in [0.3, 0.4) is 0 Å². The zero-order valence-corrected chi connectivity index (χ0v) is 22.5. The van der Waals surface area contributed by atoms with E-state index in [4.69, 9.17) is 14.6 Å². The van der Waals surface area contributed by atoms with Gasteiger partial charge in [0.15, 0.2) is 0 Å². The van der Waals surface area contributed by atoms with E-state index in [1.165, 1.54) is 6.07 Å². The Kier molecular flexibility index (Phi) is 7.38. The molecule has 8 nitrogen and oxygen atoms in total. The van der Waals surface area contributed by atoms with E-state index in [1.807, 2.05) is 16.9 Å². The number of aromatic nitrogens is 3. The number of hydrogen-bond donors (Lipinski definition) is 0. The number of pyridine rings is 1. The second-order valence-corrected chi connectivity index (χ2v) is 10.6. The van der Waals surface area contributed by atoms with Crippen molar-refractivity contribution in [1.29, 1.82) is 0 Å². The summed E-state index contributed by atoms with van der Waals surface area (Å²) in [5.74, 6) is -0.248. The summed E-state index contributed by atoms with van der Waals surface area (Å²) in [5.41, 5.74) is 4.44. The van der Waals surface area contributed by atoms with Gasteiger partial charge in [-0.3, -0.25) is 9.69 Å². The van der Waals surface area contributed by atoms with Crippen molar-refractivity contribution in [2.45, 2.75) is 71.0 Å². The normalized spacial score (nSPS) is 24.1. The largest absolute Gasteiger partial charge is 0.380 e. The van der Waals surface area contributed by atoms with Crippen LogP contribution in [0.15, 0.2) is 35.3 Å². The zero-order valence-electron chi connectivity index (χ0n) is 22.5. The van der Waals surface area contributed by atoms with Gasteiger partial charge in [0.1, 0.15) is 17.6 Å². The number of hydrogen-bond acceptors (Lipinski definition) is 6. The van der Waals surface area contributed by atoms with Crippen molar-refractivity contribution in [3.63, 3.8) is 0 Å². The maximum absolute atomic E-state index is 13.9. The molecule has 2 saturated heterocycles. The molecule has 2 fully saturated rings. The van der Waals surface area contributed by atoms with Gasteiger partial charge in [-0.1, -0.05) is 6.07 Å². The molecule has 1 aromatic carbocycles. The number of halogens is 1. The third kappa shape index (κ3) is 4.92. The standard InChI is InChI=1S/C28H38FN5O3/c1-18-15-33(19(2)14-32(18)20(3)23-10-9-22(29)12-21(23)17-36-5)24-13-26(35)31(4)25-16-34(30-28(24)25)27-8-6-7-11-37-27/h9-10,12-13,16,18-20,27H,6-8,11,14-15,17H2,1-5H3/t18-,19+,20?,27?/m1/s1. The lowest BCUT2D eigenvalue weighted by molar-refractivity contribution is -0.0390. The topological polar surface area (TPSA) is 64.8 Å². The lowest BCUT2D eigenvalue weighted by Gasteiger charge is -2.48. The van der Waals surface area contributed by atoms with Crippen molar-refractivity contribution in [3.05, 3.63) is 57.8 Å². The van der Waals surface area contributed by atoms with Gasteiger partial charge in [0.25, 0.3) is 5.56 Å². The summed E-state index contributed by atoms with van der Waals surface area (Å²) in [6, 6.07) is 7.14. The Hall–Kier alpha value is -2.75. The van der Waals surface area contributed by atoms with Crippen molar-refractivity contribution < 1.29 is 13.9 Å². The molecule has 9 heteroatoms. The van der Waals surface area contributed by atoms with Crippen molar-refractivity contribution in [2.75, 3.05) is 31.7 Å². The number of nitrogens with zero attached hydrogens (tertiary/aromatic N) is 5. The average molecular weight is 512 g/mol. The van der Waals surface area contributed by atoms with Crippen LogP contribution in [-0.4, -0.2) is 58.1 Å². The predicted molar refractivity (Wildman–Crippen MR) is 142 cm³/mol. The molecule has 0 bridgehead atoms. The monoisotopic (exact) mass is 511 g/mol. The number of rotatable bonds is 6. The quantitative estimate of drug-likeness (QED) is 0.490. The van der Waals surface area contributed by atoms with Gasteiger partial charge in [-0.05, 0) is 63.3 Å². The van der Waals surface area contributed by atoms with Crippen LogP contribution in [0.4, 0.5) is 10.1 Å². The minimum absolute atomic E-state index is 0.0437. The van der Waals surface area contributed by atoms with E-state index in [-0.39, 0.29) is 35.7 Å². The average Bonchev–Trinajstić information content (AvgIpc) is 3.34. The highest BCUT2D eigenvalue weighted by molar-refractivity contribution is 5.88. The van der Waals surface area contributed by atoms with E-state index >= 15 is 0 Å². The summed E-state index contributed by atoms with van der Waals surface area (Å²) in [6.07, 6.45) is 4.98. The molecule has 0 spiro atoms. The fourth-order valence-corrected chi connectivity index (χ4v) is 5.98. The number of anilines is 1. The maximum Gasteiger partial charge on any atom is 0.252 e. The predicted octanol–water partition coefficient (Wildman–Crippen LogP) is 4.38. The molecule has 5 rings (SSSR count). The molecule has 37 heavy (non-hydrogen) atoms. The first-order valence-electron chi connectivity index (χ1n) is 13.3. The second kappa shape index (κ2) is 10.6. The molecule has 200 valence electrons. The Labute approximate surface area is 217 Å². The molecular weight excluding hydrogens is 473 g/mol. The highest BCUT2D eigenvalue weighted by Gasteiger charge is 2.34. The van der Waals surface area contributed by atoms with Gasteiger partial charge >= 0.3 is 0 Å². The molecule has 2 aliphatic heterocycles. The van der Waals surface area contributed by atoms with Crippen molar-refractivity contribution in [1.82, 2.24) is 19.2 Å². The number of piperazine rings is 1. The van der Waals surface area contributed by atoms with E-state index in [0.29, 0.717) is 6.61 Å². The number of fused-ring (bicyclic) bond motifs is 1. The van der Waals surface area contributed by atoms with Crippen LogP contribution in [0.1, 0.15) is 63.4 Å². The summed E-state index contributed by atoms with van der Waals surface area (Å²) < 4.78 is 28.8. The maximum atomic E-state index is 13.9. The van der Waals surface area contributed by atoms with Crippen molar-refractivity contribution in [2.24, 2.45) is 7.05 Å². The Bertz CT molecular complexity index is 1320. The van der Waals surface area contributed by atoms with Crippen LogP contribution in [0.2, 0.25) is 0 Å². The van der Waals surface area contributed by atoms with Crippen LogP contribution < -0.4 is 10.5 Å². The van der Waals surface area contributed by atoms with Gasteiger partial charge in [0, 0.05) is 58.0 Å². The van der Waals surface area contributed by atoms with E-state index in [1.54, 1.807) is 30.9 Å². The summed E-state index contributed by atoms with van der Waals surface area (Å²) >= 11 is 0. The zero-order chi connectivity index (χ0) is 26.3. The Morgan fingerprint density at radius 3 is 2.73 bits per heavy atom. The van der Waals surface area contributed by atoms with E-state index < -0.39 is 0 Å². The fraction of sp³-hybridized carbons (Fsp3) is 0.571. The molecule has 0 amide bonds. The van der Waals surface area contributed by atoms with Gasteiger partial charge in [-0.25, -0.2) is 9.07 Å². The van der Waals surface area contributed by atoms with E-state index in [0.717, 1.165) is 66.8 Å². The summed E-state index contributed by atoms with van der Waals surface area (Å²) in [6.45, 7) is 9.24. The number of ether oxygens (including phenoxy) is 2. The van der Waals surface area contributed by atoms with Crippen molar-refractivity contribution in [3.8, 4) is 0 Å². The summed E-state index contributed by atoms with van der Waals surface area (Å²) in [4.78, 5) is 17.7. The van der Waals surface area contributed by atoms with E-state index in [9.17, 15) is 9.18 Å². The van der Waals surface area contributed by atoms with E-state index in [2.05, 4.69) is 30.6 Å². The molecule has 4 heterocycles. The van der Waals surface area contributed by atoms with Crippen LogP contribution in [0.25, 0.3) is 11.0 Å². The first-order valence-corrected chi connectivity index (χ1v) is 13.3. The third-order valence-electron chi connectivity index (χ3n) is 8.05. The third-order valence-corrected chi connectivity index (χ3v) is 8.05. The minimum atomic E-state index is -0.248. The van der Waals surface area contributed by atoms with Crippen LogP contribution in [-0.2, 0) is 23.1 Å². The van der Waals surface area contributed by atoms with Crippen LogP contribution in [0.5, 0.6) is 0 Å². The number of aryl methyl sites for hydroxylation is 1. The molecule has 2 aromatic heterocycles. The molecule has 0 saturated carbocycles. The fourth-order valence-electron chi connectivity index (χ4n) is 5.98. The minimum Gasteiger partial charge on any atom is -0.380 e. The number of methoxy groups -OCH3 is 1. The van der Waals surface area contributed by atoms with Crippen LogP contribution >= 0.6 is 0 Å². The second-order valence-electron chi connectivity index (χ2n) is 10.6. The summed E-state index contributed by atoms with van der Waals surface area (Å²) in [7, 11) is 3.43. The molecule has 2 unspecified atom stereocenters. The first kappa shape index (κ1) is 25.9. The Balaban J connectivity index is 1.45. The van der Waals surface area contributed by atoms with Gasteiger partial charge in [0.05, 0.1) is 24.0 Å². The summed E-state index contributed by atoms with van der Waals surface area (Å²) in [5, 5.41) is 4.94. The lowest BCUT2D eigenvalue weighted by Crippen LogP contribution is -2.57. The van der Waals surface area contributed by atoms with Crippen molar-refractivity contribution >= 4 is 16.7 Å². The molecule has 3 aromatic rings.